The number of rotatable bonds is 5. The highest BCUT2D eigenvalue weighted by atomic mass is 32.2. The third kappa shape index (κ3) is 4.08. The Kier molecular flexibility index (Phi) is 5.63. The molecule has 0 unspecified atom stereocenters. The first-order valence-electron chi connectivity index (χ1n) is 7.65. The molecule has 0 bridgehead atoms. The van der Waals surface area contributed by atoms with Crippen molar-refractivity contribution in [3.63, 3.8) is 0 Å². The smallest absolute Gasteiger partial charge is 0.252 e. The van der Waals surface area contributed by atoms with Crippen LogP contribution in [0.15, 0.2) is 16.3 Å². The molecule has 0 aromatic carbocycles. The number of carbonyl (C=O) groups excluding carboxylic acids is 1. The SMILES string of the molecule is Cc1ccc(S(=O)(=O)N2CCC[C@@H](C(=O)NCC(C)C)C2)s1. The average molecular weight is 345 g/mol. The molecule has 1 atom stereocenters. The molecule has 0 aliphatic carbocycles. The molecule has 1 aliphatic heterocycles. The summed E-state index contributed by atoms with van der Waals surface area (Å²) in [5.74, 6) is 0.112. The van der Waals surface area contributed by atoms with Gasteiger partial charge >= 0.3 is 0 Å². The molecule has 124 valence electrons. The highest BCUT2D eigenvalue weighted by Crippen LogP contribution is 2.28. The van der Waals surface area contributed by atoms with Gasteiger partial charge in [0, 0.05) is 24.5 Å². The maximum Gasteiger partial charge on any atom is 0.252 e. The zero-order valence-electron chi connectivity index (χ0n) is 13.3. The van der Waals surface area contributed by atoms with Gasteiger partial charge in [-0.15, -0.1) is 11.3 Å². The second-order valence-corrected chi connectivity index (χ2v) is 9.66. The van der Waals surface area contributed by atoms with Crippen molar-refractivity contribution in [1.82, 2.24) is 9.62 Å². The number of piperidine rings is 1. The zero-order valence-corrected chi connectivity index (χ0v) is 15.0. The van der Waals surface area contributed by atoms with E-state index in [-0.39, 0.29) is 18.4 Å². The Labute approximate surface area is 136 Å². The number of carbonyl (C=O) groups is 1. The lowest BCUT2D eigenvalue weighted by Crippen LogP contribution is -2.45. The second kappa shape index (κ2) is 7.10. The summed E-state index contributed by atoms with van der Waals surface area (Å²) in [6, 6.07) is 3.46. The van der Waals surface area contributed by atoms with Gasteiger partial charge in [0.05, 0.1) is 5.92 Å². The van der Waals surface area contributed by atoms with E-state index in [2.05, 4.69) is 5.32 Å². The Morgan fingerprint density at radius 1 is 1.45 bits per heavy atom. The Balaban J connectivity index is 2.05. The van der Waals surface area contributed by atoms with Gasteiger partial charge in [-0.3, -0.25) is 4.79 Å². The Morgan fingerprint density at radius 3 is 2.77 bits per heavy atom. The van der Waals surface area contributed by atoms with Crippen LogP contribution in [0.1, 0.15) is 31.6 Å². The van der Waals surface area contributed by atoms with Crippen molar-refractivity contribution >= 4 is 27.3 Å². The minimum absolute atomic E-state index is 0.0315. The fraction of sp³-hybridized carbons (Fsp3) is 0.667. The Hall–Kier alpha value is -0.920. The quantitative estimate of drug-likeness (QED) is 0.891. The number of amides is 1. The summed E-state index contributed by atoms with van der Waals surface area (Å²) in [5, 5.41) is 2.91. The molecule has 22 heavy (non-hydrogen) atoms. The summed E-state index contributed by atoms with van der Waals surface area (Å²) >= 11 is 1.28. The van der Waals surface area contributed by atoms with Crippen LogP contribution in [-0.4, -0.2) is 38.3 Å². The van der Waals surface area contributed by atoms with E-state index in [0.717, 1.165) is 17.7 Å². The minimum Gasteiger partial charge on any atom is -0.356 e. The van der Waals surface area contributed by atoms with Crippen LogP contribution in [0.3, 0.4) is 0 Å². The van der Waals surface area contributed by atoms with Crippen LogP contribution >= 0.6 is 11.3 Å². The van der Waals surface area contributed by atoms with Crippen LogP contribution in [0.25, 0.3) is 0 Å². The molecule has 0 saturated carbocycles. The van der Waals surface area contributed by atoms with Crippen molar-refractivity contribution < 1.29 is 13.2 Å². The fourth-order valence-corrected chi connectivity index (χ4v) is 5.46. The molecular formula is C15H24N2O3S2. The third-order valence-electron chi connectivity index (χ3n) is 3.75. The summed E-state index contributed by atoms with van der Waals surface area (Å²) in [5.41, 5.74) is 0. The van der Waals surface area contributed by atoms with E-state index < -0.39 is 10.0 Å². The maximum atomic E-state index is 12.6. The number of nitrogens with one attached hydrogen (secondary N) is 1. The molecule has 1 aromatic heterocycles. The molecule has 7 heteroatoms. The topological polar surface area (TPSA) is 66.5 Å². The minimum atomic E-state index is -3.47. The largest absolute Gasteiger partial charge is 0.356 e. The number of thiophene rings is 1. The fourth-order valence-electron chi connectivity index (χ4n) is 2.50. The number of aryl methyl sites for hydroxylation is 1. The highest BCUT2D eigenvalue weighted by molar-refractivity contribution is 7.91. The van der Waals surface area contributed by atoms with E-state index in [1.54, 1.807) is 6.07 Å². The zero-order chi connectivity index (χ0) is 16.3. The monoisotopic (exact) mass is 344 g/mol. The van der Waals surface area contributed by atoms with E-state index in [4.69, 9.17) is 0 Å². The molecule has 1 aromatic rings. The Bertz CT molecular complexity index is 622. The van der Waals surface area contributed by atoms with Gasteiger partial charge in [0.25, 0.3) is 10.0 Å². The molecule has 2 rings (SSSR count). The van der Waals surface area contributed by atoms with E-state index in [0.29, 0.717) is 23.2 Å². The lowest BCUT2D eigenvalue weighted by Gasteiger charge is -2.31. The van der Waals surface area contributed by atoms with Crippen molar-refractivity contribution in [3.8, 4) is 0 Å². The number of hydrogen-bond donors (Lipinski definition) is 1. The van der Waals surface area contributed by atoms with Gasteiger partial charge in [0.1, 0.15) is 4.21 Å². The van der Waals surface area contributed by atoms with Gasteiger partial charge in [-0.1, -0.05) is 13.8 Å². The summed E-state index contributed by atoms with van der Waals surface area (Å²) in [4.78, 5) is 13.2. The normalized spacial score (nSPS) is 20.3. The molecule has 1 fully saturated rings. The molecule has 1 aliphatic rings. The molecule has 1 N–H and O–H groups in total. The van der Waals surface area contributed by atoms with Gasteiger partial charge < -0.3 is 5.32 Å². The van der Waals surface area contributed by atoms with Crippen LogP contribution in [-0.2, 0) is 14.8 Å². The number of sulfonamides is 1. The van der Waals surface area contributed by atoms with E-state index in [9.17, 15) is 13.2 Å². The van der Waals surface area contributed by atoms with Gasteiger partial charge in [-0.25, -0.2) is 8.42 Å². The highest BCUT2D eigenvalue weighted by Gasteiger charge is 2.33. The van der Waals surface area contributed by atoms with Crippen LogP contribution < -0.4 is 5.32 Å². The molecular weight excluding hydrogens is 320 g/mol. The second-order valence-electron chi connectivity index (χ2n) is 6.21. The van der Waals surface area contributed by atoms with E-state index in [1.165, 1.54) is 15.6 Å². The van der Waals surface area contributed by atoms with E-state index >= 15 is 0 Å². The number of nitrogens with zero attached hydrogens (tertiary/aromatic N) is 1. The number of hydrogen-bond acceptors (Lipinski definition) is 4. The summed E-state index contributed by atoms with van der Waals surface area (Å²) in [6.45, 7) is 7.37. The first-order chi connectivity index (χ1) is 10.3. The molecule has 0 radical (unpaired) electrons. The van der Waals surface area contributed by atoms with Crippen LogP contribution in [0.4, 0.5) is 0 Å². The molecule has 1 saturated heterocycles. The van der Waals surface area contributed by atoms with Gasteiger partial charge in [0.2, 0.25) is 5.91 Å². The van der Waals surface area contributed by atoms with Crippen LogP contribution in [0.5, 0.6) is 0 Å². The first kappa shape index (κ1) is 17.4. The van der Waals surface area contributed by atoms with Gasteiger partial charge in [0.15, 0.2) is 0 Å². The molecule has 0 spiro atoms. The van der Waals surface area contributed by atoms with Gasteiger partial charge in [-0.05, 0) is 37.8 Å². The van der Waals surface area contributed by atoms with Crippen LogP contribution in [0, 0.1) is 18.8 Å². The lowest BCUT2D eigenvalue weighted by molar-refractivity contribution is -0.126. The molecule has 5 nitrogen and oxygen atoms in total. The molecule has 2 heterocycles. The van der Waals surface area contributed by atoms with Gasteiger partial charge in [-0.2, -0.15) is 4.31 Å². The van der Waals surface area contributed by atoms with Crippen molar-refractivity contribution in [2.24, 2.45) is 11.8 Å². The average Bonchev–Trinajstić information content (AvgIpc) is 2.92. The van der Waals surface area contributed by atoms with Crippen LogP contribution in [0.2, 0.25) is 0 Å². The predicted octanol–water partition coefficient (Wildman–Crippen LogP) is 2.23. The van der Waals surface area contributed by atoms with Crippen molar-refractivity contribution in [2.45, 2.75) is 37.8 Å². The Morgan fingerprint density at radius 2 is 2.18 bits per heavy atom. The van der Waals surface area contributed by atoms with Crippen molar-refractivity contribution in [2.75, 3.05) is 19.6 Å². The lowest BCUT2D eigenvalue weighted by atomic mass is 9.98. The summed E-state index contributed by atoms with van der Waals surface area (Å²) in [6.07, 6.45) is 1.47. The summed E-state index contributed by atoms with van der Waals surface area (Å²) < 4.78 is 27.1. The predicted molar refractivity (Wildman–Crippen MR) is 88.4 cm³/mol. The summed E-state index contributed by atoms with van der Waals surface area (Å²) in [7, 11) is -3.47. The first-order valence-corrected chi connectivity index (χ1v) is 9.90. The third-order valence-corrected chi connectivity index (χ3v) is 7.08. The standard InChI is InChI=1S/C15H24N2O3S2/c1-11(2)9-16-15(18)13-5-4-8-17(10-13)22(19,20)14-7-6-12(3)21-14/h6-7,11,13H,4-5,8-10H2,1-3H3,(H,16,18)/t13-/m1/s1. The van der Waals surface area contributed by atoms with Crippen molar-refractivity contribution in [1.29, 1.82) is 0 Å². The van der Waals surface area contributed by atoms with Crippen molar-refractivity contribution in [3.05, 3.63) is 17.0 Å². The maximum absolute atomic E-state index is 12.6. The van der Waals surface area contributed by atoms with E-state index in [1.807, 2.05) is 26.8 Å². The molecule has 1 amide bonds.